The Bertz CT molecular complexity index is 1060. The van der Waals surface area contributed by atoms with Gasteiger partial charge in [0.25, 0.3) is 5.88 Å². The Hall–Kier alpha value is -3.51. The van der Waals surface area contributed by atoms with Crippen molar-refractivity contribution in [3.63, 3.8) is 0 Å². The number of hydrogen-bond acceptors (Lipinski definition) is 5. The number of halogens is 6. The normalized spacial score (nSPS) is 12.2. The third kappa shape index (κ3) is 4.50. The summed E-state index contributed by atoms with van der Waals surface area (Å²) >= 11 is 0. The summed E-state index contributed by atoms with van der Waals surface area (Å²) in [6.45, 7) is -1.63. The molecule has 0 aliphatic carbocycles. The van der Waals surface area contributed by atoms with Crippen LogP contribution in [-0.2, 0) is 6.18 Å². The molecule has 7 nitrogen and oxygen atoms in total. The third-order valence-corrected chi connectivity index (χ3v) is 3.43. The van der Waals surface area contributed by atoms with Gasteiger partial charge in [-0.15, -0.1) is 0 Å². The smallest absolute Gasteiger partial charge is 0.422 e. The second-order valence-corrected chi connectivity index (χ2v) is 5.53. The lowest BCUT2D eigenvalue weighted by Crippen LogP contribution is -2.19. The molecule has 1 N–H and O–H groups in total. The van der Waals surface area contributed by atoms with Crippen molar-refractivity contribution in [1.82, 2.24) is 14.6 Å². The number of carboxylic acids is 1. The number of hydrogen-bond donors (Lipinski definition) is 1. The van der Waals surface area contributed by atoms with Gasteiger partial charge in [0.1, 0.15) is 11.3 Å². The van der Waals surface area contributed by atoms with Crippen LogP contribution in [-0.4, -0.2) is 38.5 Å². The average molecular weight is 421 g/mol. The summed E-state index contributed by atoms with van der Waals surface area (Å²) in [6.07, 6.45) is -7.47. The van der Waals surface area contributed by atoms with Gasteiger partial charge in [0.15, 0.2) is 18.1 Å². The van der Waals surface area contributed by atoms with E-state index in [1.807, 2.05) is 0 Å². The van der Waals surface area contributed by atoms with Gasteiger partial charge in [0.2, 0.25) is 0 Å². The maximum atomic E-state index is 13.3. The minimum atomic E-state index is -5.03. The van der Waals surface area contributed by atoms with Crippen LogP contribution in [0.4, 0.5) is 26.3 Å². The molecule has 0 aliphatic heterocycles. The predicted molar refractivity (Wildman–Crippen MR) is 83.0 cm³/mol. The van der Waals surface area contributed by atoms with Gasteiger partial charge in [-0.25, -0.2) is 14.3 Å². The summed E-state index contributed by atoms with van der Waals surface area (Å²) in [7, 11) is 0. The van der Waals surface area contributed by atoms with Crippen molar-refractivity contribution >= 4 is 11.5 Å². The first-order valence-electron chi connectivity index (χ1n) is 7.61. The minimum absolute atomic E-state index is 0.254. The Labute approximate surface area is 157 Å². The lowest BCUT2D eigenvalue weighted by molar-refractivity contribution is -0.153. The van der Waals surface area contributed by atoms with Gasteiger partial charge in [-0.3, -0.25) is 0 Å². The second-order valence-electron chi connectivity index (χ2n) is 5.53. The highest BCUT2D eigenvalue weighted by molar-refractivity contribution is 5.90. The van der Waals surface area contributed by atoms with Crippen molar-refractivity contribution in [3.8, 4) is 17.4 Å². The first-order valence-corrected chi connectivity index (χ1v) is 7.61. The monoisotopic (exact) mass is 421 g/mol. The van der Waals surface area contributed by atoms with E-state index in [1.165, 1.54) is 12.3 Å². The lowest BCUT2D eigenvalue weighted by Gasteiger charge is -2.13. The number of ether oxygens (including phenoxy) is 2. The maximum Gasteiger partial charge on any atom is 0.422 e. The van der Waals surface area contributed by atoms with Gasteiger partial charge in [-0.2, -0.15) is 31.4 Å². The molecule has 0 fully saturated rings. The molecule has 29 heavy (non-hydrogen) atoms. The SMILES string of the molecule is O=C(O)c1nn2ccc(Oc3ncccc3OCC(F)(F)F)cc2c1C(F)(F)F. The zero-order valence-electron chi connectivity index (χ0n) is 14.0. The molecule has 0 atom stereocenters. The van der Waals surface area contributed by atoms with Crippen LogP contribution in [0.3, 0.4) is 0 Å². The number of alkyl halides is 6. The standard InChI is InChI=1S/C16H9F6N3O4/c17-15(18,19)7-28-10-2-1-4-23-13(10)29-8-3-5-25-9(6-8)11(16(20,21)22)12(24-25)14(26)27/h1-6H,7H2,(H,26,27). The summed E-state index contributed by atoms with van der Waals surface area (Å²) in [5.74, 6) is -2.94. The molecule has 154 valence electrons. The molecule has 3 rings (SSSR count). The van der Waals surface area contributed by atoms with Crippen molar-refractivity contribution < 1.29 is 45.7 Å². The van der Waals surface area contributed by atoms with Crippen LogP contribution in [0.25, 0.3) is 5.52 Å². The quantitative estimate of drug-likeness (QED) is 0.623. The van der Waals surface area contributed by atoms with Gasteiger partial charge < -0.3 is 14.6 Å². The van der Waals surface area contributed by atoms with Gasteiger partial charge in [-0.1, -0.05) is 0 Å². The fraction of sp³-hybridized carbons (Fsp3) is 0.188. The van der Waals surface area contributed by atoms with Crippen LogP contribution in [0.15, 0.2) is 36.7 Å². The Morgan fingerprint density at radius 1 is 1.17 bits per heavy atom. The van der Waals surface area contributed by atoms with Crippen LogP contribution in [0.1, 0.15) is 16.1 Å². The molecule has 3 aromatic rings. The first kappa shape index (κ1) is 20.2. The van der Waals surface area contributed by atoms with E-state index in [9.17, 15) is 31.1 Å². The molecule has 0 bridgehead atoms. The molecule has 3 heterocycles. The summed E-state index contributed by atoms with van der Waals surface area (Å²) < 4.78 is 87.5. The fourth-order valence-corrected chi connectivity index (χ4v) is 2.35. The zero-order valence-corrected chi connectivity index (χ0v) is 14.0. The Morgan fingerprint density at radius 3 is 2.52 bits per heavy atom. The van der Waals surface area contributed by atoms with E-state index in [4.69, 9.17) is 9.84 Å². The van der Waals surface area contributed by atoms with Gasteiger partial charge >= 0.3 is 18.3 Å². The van der Waals surface area contributed by atoms with E-state index in [2.05, 4.69) is 14.8 Å². The van der Waals surface area contributed by atoms with E-state index < -0.39 is 47.6 Å². The molecule has 0 radical (unpaired) electrons. The average Bonchev–Trinajstić information content (AvgIpc) is 2.99. The second kappa shape index (κ2) is 7.14. The summed E-state index contributed by atoms with van der Waals surface area (Å²) in [5.41, 5.74) is -3.33. The minimum Gasteiger partial charge on any atom is -0.478 e. The molecular weight excluding hydrogens is 412 g/mol. The van der Waals surface area contributed by atoms with E-state index in [0.717, 1.165) is 24.4 Å². The van der Waals surface area contributed by atoms with Crippen LogP contribution in [0.2, 0.25) is 0 Å². The fourth-order valence-electron chi connectivity index (χ4n) is 2.35. The predicted octanol–water partition coefficient (Wildman–Crippen LogP) is 4.18. The molecule has 0 aliphatic rings. The number of carboxylic acid groups (broad SMARTS) is 1. The molecule has 0 unspecified atom stereocenters. The first-order chi connectivity index (χ1) is 13.5. The third-order valence-electron chi connectivity index (χ3n) is 3.43. The van der Waals surface area contributed by atoms with Crippen LogP contribution in [0.5, 0.6) is 17.4 Å². The largest absolute Gasteiger partial charge is 0.478 e. The number of pyridine rings is 2. The van der Waals surface area contributed by atoms with E-state index in [1.54, 1.807) is 0 Å². The van der Waals surface area contributed by atoms with E-state index in [-0.39, 0.29) is 11.5 Å². The molecule has 0 saturated heterocycles. The van der Waals surface area contributed by atoms with Crippen LogP contribution >= 0.6 is 0 Å². The molecule has 0 aromatic carbocycles. The van der Waals surface area contributed by atoms with Crippen LogP contribution in [0, 0.1) is 0 Å². The van der Waals surface area contributed by atoms with Crippen molar-refractivity contribution in [2.45, 2.75) is 12.4 Å². The highest BCUT2D eigenvalue weighted by Crippen LogP contribution is 2.37. The highest BCUT2D eigenvalue weighted by atomic mass is 19.4. The maximum absolute atomic E-state index is 13.3. The Kier molecular flexibility index (Phi) is 4.98. The Morgan fingerprint density at radius 2 is 1.90 bits per heavy atom. The zero-order chi connectivity index (χ0) is 21.4. The summed E-state index contributed by atoms with van der Waals surface area (Å²) in [6, 6.07) is 4.38. The van der Waals surface area contributed by atoms with Gasteiger partial charge in [-0.05, 0) is 18.2 Å². The van der Waals surface area contributed by atoms with Crippen LogP contribution < -0.4 is 9.47 Å². The summed E-state index contributed by atoms with van der Waals surface area (Å²) in [5, 5.41) is 12.3. The molecule has 13 heteroatoms. The van der Waals surface area contributed by atoms with Crippen molar-refractivity contribution in [3.05, 3.63) is 47.9 Å². The number of fused-ring (bicyclic) bond motifs is 1. The number of rotatable bonds is 5. The molecular formula is C16H9F6N3O4. The number of aromatic nitrogens is 3. The highest BCUT2D eigenvalue weighted by Gasteiger charge is 2.40. The number of carbonyl (C=O) groups is 1. The van der Waals surface area contributed by atoms with E-state index >= 15 is 0 Å². The van der Waals surface area contributed by atoms with Gasteiger partial charge in [0.05, 0.1) is 5.52 Å². The summed E-state index contributed by atoms with van der Waals surface area (Å²) in [4.78, 5) is 14.8. The van der Waals surface area contributed by atoms with E-state index in [0.29, 0.717) is 4.52 Å². The topological polar surface area (TPSA) is 86.0 Å². The lowest BCUT2D eigenvalue weighted by atomic mass is 10.2. The van der Waals surface area contributed by atoms with Crippen molar-refractivity contribution in [2.24, 2.45) is 0 Å². The number of nitrogens with zero attached hydrogens (tertiary/aromatic N) is 3. The van der Waals surface area contributed by atoms with Crippen molar-refractivity contribution in [1.29, 1.82) is 0 Å². The molecule has 0 amide bonds. The molecule has 0 spiro atoms. The Balaban J connectivity index is 1.99. The van der Waals surface area contributed by atoms with Gasteiger partial charge in [0, 0.05) is 18.5 Å². The number of aromatic carboxylic acids is 1. The molecule has 0 saturated carbocycles. The van der Waals surface area contributed by atoms with Crippen molar-refractivity contribution in [2.75, 3.05) is 6.61 Å². The molecule has 3 aromatic heterocycles.